The van der Waals surface area contributed by atoms with Crippen molar-refractivity contribution >= 4 is 11.9 Å². The van der Waals surface area contributed by atoms with Gasteiger partial charge in [-0.05, 0) is 13.8 Å². The second-order valence-electron chi connectivity index (χ2n) is 5.63. The number of esters is 1. The van der Waals surface area contributed by atoms with Crippen molar-refractivity contribution in [3.05, 3.63) is 0 Å². The second kappa shape index (κ2) is 7.72. The molecule has 0 aromatic carbocycles. The summed E-state index contributed by atoms with van der Waals surface area (Å²) >= 11 is 0. The van der Waals surface area contributed by atoms with Crippen molar-refractivity contribution in [1.29, 1.82) is 0 Å². The van der Waals surface area contributed by atoms with E-state index in [1.54, 1.807) is 20.8 Å². The third-order valence-electron chi connectivity index (χ3n) is 3.73. The van der Waals surface area contributed by atoms with Crippen molar-refractivity contribution in [3.63, 3.8) is 0 Å². The number of carbonyl (C=O) groups excluding carboxylic acids is 2. The van der Waals surface area contributed by atoms with E-state index in [1.165, 1.54) is 6.92 Å². The van der Waals surface area contributed by atoms with Crippen LogP contribution in [0.15, 0.2) is 0 Å². The summed E-state index contributed by atoms with van der Waals surface area (Å²) in [4.78, 5) is 22.8. The lowest BCUT2D eigenvalue weighted by molar-refractivity contribution is -0.167. The van der Waals surface area contributed by atoms with Gasteiger partial charge in [0.2, 0.25) is 5.91 Å². The average molecular weight is 303 g/mol. The largest absolute Gasteiger partial charge is 0.462 e. The van der Waals surface area contributed by atoms with Crippen LogP contribution in [0.1, 0.15) is 34.1 Å². The highest BCUT2D eigenvalue weighted by Crippen LogP contribution is 2.25. The van der Waals surface area contributed by atoms with Gasteiger partial charge in [-0.3, -0.25) is 9.59 Å². The zero-order valence-electron chi connectivity index (χ0n) is 12.9. The number of rotatable bonds is 5. The molecule has 1 fully saturated rings. The maximum absolute atomic E-state index is 12.0. The van der Waals surface area contributed by atoms with Crippen LogP contribution in [0.3, 0.4) is 0 Å². The van der Waals surface area contributed by atoms with E-state index in [0.29, 0.717) is 0 Å². The first kappa shape index (κ1) is 17.9. The summed E-state index contributed by atoms with van der Waals surface area (Å²) in [5, 5.41) is 22.0. The maximum Gasteiger partial charge on any atom is 0.302 e. The zero-order valence-corrected chi connectivity index (χ0v) is 12.9. The van der Waals surface area contributed by atoms with Crippen molar-refractivity contribution in [2.45, 2.75) is 64.6 Å². The minimum Gasteiger partial charge on any atom is -0.462 e. The molecular weight excluding hydrogens is 278 g/mol. The molecule has 7 heteroatoms. The van der Waals surface area contributed by atoms with Crippen LogP contribution in [0.25, 0.3) is 0 Å². The van der Waals surface area contributed by atoms with E-state index in [2.05, 4.69) is 5.32 Å². The molecule has 1 saturated heterocycles. The minimum atomic E-state index is -0.845. The molecule has 7 nitrogen and oxygen atoms in total. The topological polar surface area (TPSA) is 105 Å². The number of hydrogen-bond donors (Lipinski definition) is 3. The fourth-order valence-corrected chi connectivity index (χ4v) is 2.65. The highest BCUT2D eigenvalue weighted by atomic mass is 16.5. The summed E-state index contributed by atoms with van der Waals surface area (Å²) in [6, 6.07) is -0.361. The third kappa shape index (κ3) is 4.94. The quantitative estimate of drug-likeness (QED) is 0.596. The molecule has 3 N–H and O–H groups in total. The first-order valence-electron chi connectivity index (χ1n) is 7.17. The number of aliphatic hydroxyl groups excluding tert-OH is 2. The SMILES string of the molecule is CC(=O)O[C@H](C)CC(=O)NC1C(C)[C@@H](O)C(CO)O[C@H]1C. The molecule has 1 rings (SSSR count). The normalized spacial score (nSPS) is 34.1. The van der Waals surface area contributed by atoms with Gasteiger partial charge in [-0.25, -0.2) is 0 Å². The minimum absolute atomic E-state index is 0.0506. The molecule has 0 spiro atoms. The zero-order chi connectivity index (χ0) is 16.2. The standard InChI is InChI=1S/C14H25NO6/c1-7(20-10(4)17)5-12(18)15-13-8(2)14(19)11(6-16)21-9(13)3/h7-9,11,13-14,16,19H,5-6H2,1-4H3,(H,15,18)/t7-,8?,9+,11?,13?,14-/m1/s1. The van der Waals surface area contributed by atoms with Gasteiger partial charge in [-0.15, -0.1) is 0 Å². The van der Waals surface area contributed by atoms with Gasteiger partial charge in [0.05, 0.1) is 31.3 Å². The molecule has 0 aromatic heterocycles. The van der Waals surface area contributed by atoms with Crippen molar-refractivity contribution in [1.82, 2.24) is 5.32 Å². The number of amides is 1. The predicted molar refractivity (Wildman–Crippen MR) is 74.4 cm³/mol. The van der Waals surface area contributed by atoms with E-state index >= 15 is 0 Å². The number of ether oxygens (including phenoxy) is 2. The molecule has 1 heterocycles. The van der Waals surface area contributed by atoms with Crippen LogP contribution in [0.2, 0.25) is 0 Å². The van der Waals surface area contributed by atoms with E-state index in [9.17, 15) is 14.7 Å². The number of aliphatic hydroxyl groups is 2. The molecule has 21 heavy (non-hydrogen) atoms. The molecule has 3 unspecified atom stereocenters. The van der Waals surface area contributed by atoms with Crippen molar-refractivity contribution in [2.75, 3.05) is 6.61 Å². The summed E-state index contributed by atoms with van der Waals surface area (Å²) in [5.41, 5.74) is 0. The Morgan fingerprint density at radius 3 is 2.52 bits per heavy atom. The molecule has 0 radical (unpaired) electrons. The summed E-state index contributed by atoms with van der Waals surface area (Å²) in [7, 11) is 0. The molecule has 1 aliphatic heterocycles. The van der Waals surface area contributed by atoms with Crippen molar-refractivity contribution < 1.29 is 29.3 Å². The number of nitrogens with one attached hydrogen (secondary N) is 1. The third-order valence-corrected chi connectivity index (χ3v) is 3.73. The van der Waals surface area contributed by atoms with E-state index in [-0.39, 0.29) is 37.0 Å². The lowest BCUT2D eigenvalue weighted by Gasteiger charge is -2.42. The van der Waals surface area contributed by atoms with E-state index < -0.39 is 24.3 Å². The Bertz CT molecular complexity index is 374. The second-order valence-corrected chi connectivity index (χ2v) is 5.63. The first-order valence-corrected chi connectivity index (χ1v) is 7.17. The van der Waals surface area contributed by atoms with Gasteiger partial charge in [0, 0.05) is 12.8 Å². The Morgan fingerprint density at radius 1 is 1.38 bits per heavy atom. The smallest absolute Gasteiger partial charge is 0.302 e. The first-order chi connectivity index (χ1) is 9.76. The molecule has 0 saturated carbocycles. The van der Waals surface area contributed by atoms with Gasteiger partial charge in [-0.2, -0.15) is 0 Å². The molecule has 0 bridgehead atoms. The van der Waals surface area contributed by atoms with Crippen molar-refractivity contribution in [2.24, 2.45) is 5.92 Å². The monoisotopic (exact) mass is 303 g/mol. The Labute approximate surface area is 124 Å². The summed E-state index contributed by atoms with van der Waals surface area (Å²) in [6.45, 7) is 6.25. The van der Waals surface area contributed by atoms with Gasteiger partial charge in [0.15, 0.2) is 0 Å². The fourth-order valence-electron chi connectivity index (χ4n) is 2.65. The molecule has 1 amide bonds. The average Bonchev–Trinajstić information content (AvgIpc) is 2.37. The summed E-state index contributed by atoms with van der Waals surface area (Å²) in [5.74, 6) is -0.955. The molecule has 122 valence electrons. The van der Waals surface area contributed by atoms with Crippen LogP contribution in [-0.4, -0.2) is 59.2 Å². The van der Waals surface area contributed by atoms with E-state index in [4.69, 9.17) is 14.6 Å². The highest BCUT2D eigenvalue weighted by Gasteiger charge is 2.41. The molecule has 1 aliphatic rings. The Balaban J connectivity index is 2.56. The molecule has 0 aliphatic carbocycles. The molecular formula is C14H25NO6. The lowest BCUT2D eigenvalue weighted by atomic mass is 9.86. The Morgan fingerprint density at radius 2 is 2.00 bits per heavy atom. The molecule has 6 atom stereocenters. The maximum atomic E-state index is 12.0. The van der Waals surface area contributed by atoms with Gasteiger partial charge in [-0.1, -0.05) is 6.92 Å². The lowest BCUT2D eigenvalue weighted by Crippen LogP contribution is -2.59. The summed E-state index contributed by atoms with van der Waals surface area (Å²) < 4.78 is 10.4. The van der Waals surface area contributed by atoms with Gasteiger partial charge >= 0.3 is 5.97 Å². The summed E-state index contributed by atoms with van der Waals surface area (Å²) in [6.07, 6.45) is -2.26. The van der Waals surface area contributed by atoms with Crippen LogP contribution in [0.4, 0.5) is 0 Å². The van der Waals surface area contributed by atoms with Crippen LogP contribution < -0.4 is 5.32 Å². The van der Waals surface area contributed by atoms with Gasteiger partial charge in [0.25, 0.3) is 0 Å². The Kier molecular flexibility index (Phi) is 6.57. The fraction of sp³-hybridized carbons (Fsp3) is 0.857. The van der Waals surface area contributed by atoms with Crippen LogP contribution in [0.5, 0.6) is 0 Å². The van der Waals surface area contributed by atoms with Crippen molar-refractivity contribution in [3.8, 4) is 0 Å². The van der Waals surface area contributed by atoms with Crippen LogP contribution in [0, 0.1) is 5.92 Å². The Hall–Kier alpha value is -1.18. The highest BCUT2D eigenvalue weighted by molar-refractivity contribution is 5.77. The predicted octanol–water partition coefficient (Wildman–Crippen LogP) is -0.410. The number of carbonyl (C=O) groups is 2. The van der Waals surface area contributed by atoms with E-state index in [0.717, 1.165) is 0 Å². The van der Waals surface area contributed by atoms with Crippen LogP contribution in [-0.2, 0) is 19.1 Å². The number of hydrogen-bond acceptors (Lipinski definition) is 6. The van der Waals surface area contributed by atoms with E-state index in [1.807, 2.05) is 0 Å². The van der Waals surface area contributed by atoms with Gasteiger partial charge < -0.3 is 25.0 Å². The molecule has 0 aromatic rings. The van der Waals surface area contributed by atoms with Gasteiger partial charge in [0.1, 0.15) is 12.2 Å². The van der Waals surface area contributed by atoms with Crippen LogP contribution >= 0.6 is 0 Å².